The SMILES string of the molecule is Cn1ccnc1C1(CNC(=O)c2ccc(-c3cc[nH]n3)s2)NC(=O)NC1=O. The number of carbonyl (C=O) groups is 3. The number of rotatable bonds is 5. The van der Waals surface area contributed by atoms with Crippen LogP contribution in [0.5, 0.6) is 0 Å². The van der Waals surface area contributed by atoms with Crippen LogP contribution in [0.3, 0.4) is 0 Å². The van der Waals surface area contributed by atoms with Crippen LogP contribution in [0.1, 0.15) is 15.5 Å². The van der Waals surface area contributed by atoms with Gasteiger partial charge in [0.15, 0.2) is 5.54 Å². The highest BCUT2D eigenvalue weighted by molar-refractivity contribution is 7.17. The summed E-state index contributed by atoms with van der Waals surface area (Å²) >= 11 is 1.28. The Hall–Kier alpha value is -3.47. The Morgan fingerprint density at radius 2 is 2.19 bits per heavy atom. The number of nitrogens with zero attached hydrogens (tertiary/aromatic N) is 3. The highest BCUT2D eigenvalue weighted by Crippen LogP contribution is 2.27. The largest absolute Gasteiger partial charge is 0.348 e. The average Bonchev–Trinajstić information content (AvgIpc) is 3.40. The standard InChI is InChI=1S/C16H15N7O3S/c1-23-7-6-17-13(23)16(14(25)20-15(26)21-16)8-18-12(24)11-3-2-10(27-11)9-4-5-19-22-9/h2-7H,8H2,1H3,(H,18,24)(H,19,22)(H2,20,21,25,26). The molecule has 4 rings (SSSR count). The van der Waals surface area contributed by atoms with E-state index in [1.165, 1.54) is 17.5 Å². The third kappa shape index (κ3) is 2.87. The molecule has 0 spiro atoms. The lowest BCUT2D eigenvalue weighted by Crippen LogP contribution is -2.54. The van der Waals surface area contributed by atoms with Crippen LogP contribution in [-0.4, -0.2) is 44.1 Å². The van der Waals surface area contributed by atoms with Gasteiger partial charge in [0.05, 0.1) is 16.3 Å². The zero-order valence-electron chi connectivity index (χ0n) is 14.1. The van der Waals surface area contributed by atoms with Crippen molar-refractivity contribution >= 4 is 29.2 Å². The average molecular weight is 385 g/mol. The third-order valence-electron chi connectivity index (χ3n) is 4.24. The number of aryl methyl sites for hydroxylation is 1. The van der Waals surface area contributed by atoms with Gasteiger partial charge in [0.25, 0.3) is 11.8 Å². The molecular formula is C16H15N7O3S. The Morgan fingerprint density at radius 3 is 2.81 bits per heavy atom. The Labute approximate surface area is 157 Å². The summed E-state index contributed by atoms with van der Waals surface area (Å²) in [6.07, 6.45) is 4.88. The summed E-state index contributed by atoms with van der Waals surface area (Å²) in [6, 6.07) is 4.66. The van der Waals surface area contributed by atoms with Gasteiger partial charge in [0, 0.05) is 25.6 Å². The smallest absolute Gasteiger partial charge is 0.322 e. The lowest BCUT2D eigenvalue weighted by Gasteiger charge is -2.25. The molecule has 4 N–H and O–H groups in total. The van der Waals surface area contributed by atoms with E-state index in [1.54, 1.807) is 36.1 Å². The number of H-pyrrole nitrogens is 1. The summed E-state index contributed by atoms with van der Waals surface area (Å²) < 4.78 is 1.62. The molecule has 1 unspecified atom stereocenters. The van der Waals surface area contributed by atoms with Gasteiger partial charge in [-0.3, -0.25) is 20.0 Å². The predicted molar refractivity (Wildman–Crippen MR) is 95.8 cm³/mol. The molecule has 3 aromatic heterocycles. The number of thiophene rings is 1. The topological polar surface area (TPSA) is 134 Å². The molecule has 4 heterocycles. The second kappa shape index (κ2) is 6.36. The molecule has 10 nitrogen and oxygen atoms in total. The predicted octanol–water partition coefficient (Wildman–Crippen LogP) is 0.336. The van der Waals surface area contributed by atoms with Crippen LogP contribution in [0.25, 0.3) is 10.6 Å². The van der Waals surface area contributed by atoms with E-state index in [9.17, 15) is 14.4 Å². The van der Waals surface area contributed by atoms with Crippen molar-refractivity contribution in [3.05, 3.63) is 47.5 Å². The van der Waals surface area contributed by atoms with Gasteiger partial charge in [-0.1, -0.05) is 0 Å². The molecule has 1 aliphatic heterocycles. The van der Waals surface area contributed by atoms with E-state index < -0.39 is 17.5 Å². The minimum atomic E-state index is -1.47. The van der Waals surface area contributed by atoms with E-state index in [0.29, 0.717) is 10.7 Å². The van der Waals surface area contributed by atoms with Crippen LogP contribution in [0.15, 0.2) is 36.8 Å². The maximum atomic E-state index is 12.6. The number of hydrogen-bond acceptors (Lipinski definition) is 6. The lowest BCUT2D eigenvalue weighted by atomic mass is 9.98. The monoisotopic (exact) mass is 385 g/mol. The zero-order chi connectivity index (χ0) is 19.0. The van der Waals surface area contributed by atoms with Gasteiger partial charge >= 0.3 is 6.03 Å². The van der Waals surface area contributed by atoms with Gasteiger partial charge in [0.1, 0.15) is 11.5 Å². The number of amides is 4. The Bertz CT molecular complexity index is 1020. The molecule has 1 saturated heterocycles. The van der Waals surface area contributed by atoms with Crippen molar-refractivity contribution in [2.75, 3.05) is 6.54 Å². The second-order valence-electron chi connectivity index (χ2n) is 5.98. The van der Waals surface area contributed by atoms with Gasteiger partial charge in [0.2, 0.25) is 0 Å². The van der Waals surface area contributed by atoms with E-state index in [-0.39, 0.29) is 12.5 Å². The highest BCUT2D eigenvalue weighted by atomic mass is 32.1. The summed E-state index contributed by atoms with van der Waals surface area (Å²) in [6.45, 7) is -0.135. The van der Waals surface area contributed by atoms with Crippen molar-refractivity contribution in [1.29, 1.82) is 0 Å². The van der Waals surface area contributed by atoms with Gasteiger partial charge in [-0.05, 0) is 18.2 Å². The molecule has 138 valence electrons. The Kier molecular flexibility index (Phi) is 4.00. The van der Waals surface area contributed by atoms with Crippen molar-refractivity contribution in [2.45, 2.75) is 5.54 Å². The molecule has 1 aliphatic rings. The third-order valence-corrected chi connectivity index (χ3v) is 5.35. The molecule has 0 saturated carbocycles. The number of imide groups is 1. The zero-order valence-corrected chi connectivity index (χ0v) is 15.0. The van der Waals surface area contributed by atoms with Crippen LogP contribution in [0.2, 0.25) is 0 Å². The molecule has 1 atom stereocenters. The van der Waals surface area contributed by atoms with Crippen molar-refractivity contribution in [1.82, 2.24) is 35.7 Å². The van der Waals surface area contributed by atoms with Gasteiger partial charge in [-0.2, -0.15) is 5.10 Å². The van der Waals surface area contributed by atoms with E-state index in [2.05, 4.69) is 31.1 Å². The van der Waals surface area contributed by atoms with E-state index in [4.69, 9.17) is 0 Å². The Balaban J connectivity index is 1.55. The summed E-state index contributed by atoms with van der Waals surface area (Å²) in [5.41, 5.74) is -0.723. The minimum Gasteiger partial charge on any atom is -0.348 e. The molecule has 0 aliphatic carbocycles. The maximum Gasteiger partial charge on any atom is 0.322 e. The molecule has 3 aromatic rings. The molecule has 11 heteroatoms. The summed E-state index contributed by atoms with van der Waals surface area (Å²) in [4.78, 5) is 42.2. The highest BCUT2D eigenvalue weighted by Gasteiger charge is 2.50. The van der Waals surface area contributed by atoms with Crippen molar-refractivity contribution < 1.29 is 14.4 Å². The van der Waals surface area contributed by atoms with Gasteiger partial charge in [-0.15, -0.1) is 11.3 Å². The van der Waals surface area contributed by atoms with E-state index in [1.807, 2.05) is 6.07 Å². The molecule has 4 amide bonds. The summed E-state index contributed by atoms with van der Waals surface area (Å²) in [7, 11) is 1.71. The van der Waals surface area contributed by atoms with E-state index in [0.717, 1.165) is 10.6 Å². The first-order chi connectivity index (χ1) is 13.0. The number of aromatic amines is 1. The van der Waals surface area contributed by atoms with Crippen LogP contribution in [-0.2, 0) is 17.4 Å². The summed E-state index contributed by atoms with van der Waals surface area (Å²) in [5, 5.41) is 14.3. The first-order valence-corrected chi connectivity index (χ1v) is 8.81. The van der Waals surface area contributed by atoms with Crippen LogP contribution >= 0.6 is 11.3 Å². The summed E-state index contributed by atoms with van der Waals surface area (Å²) in [5.74, 6) is -0.593. The normalized spacial score (nSPS) is 19.0. The molecule has 27 heavy (non-hydrogen) atoms. The van der Waals surface area contributed by atoms with Crippen LogP contribution in [0, 0.1) is 0 Å². The van der Waals surface area contributed by atoms with Crippen LogP contribution in [0.4, 0.5) is 4.79 Å². The molecule has 0 radical (unpaired) electrons. The Morgan fingerprint density at radius 1 is 1.33 bits per heavy atom. The second-order valence-corrected chi connectivity index (χ2v) is 7.07. The quantitative estimate of drug-likeness (QED) is 0.470. The lowest BCUT2D eigenvalue weighted by molar-refractivity contribution is -0.124. The fourth-order valence-corrected chi connectivity index (χ4v) is 3.82. The fourth-order valence-electron chi connectivity index (χ4n) is 2.92. The number of nitrogens with one attached hydrogen (secondary N) is 4. The van der Waals surface area contributed by atoms with Crippen molar-refractivity contribution in [3.63, 3.8) is 0 Å². The molecule has 1 fully saturated rings. The number of hydrogen-bond donors (Lipinski definition) is 4. The number of urea groups is 1. The minimum absolute atomic E-state index is 0.135. The van der Waals surface area contributed by atoms with Crippen molar-refractivity contribution in [2.24, 2.45) is 7.05 Å². The molecule has 0 bridgehead atoms. The molecule has 0 aromatic carbocycles. The number of carbonyl (C=O) groups excluding carboxylic acids is 3. The first-order valence-electron chi connectivity index (χ1n) is 7.99. The molecular weight excluding hydrogens is 370 g/mol. The maximum absolute atomic E-state index is 12.6. The van der Waals surface area contributed by atoms with Gasteiger partial charge in [-0.25, -0.2) is 9.78 Å². The fraction of sp³-hybridized carbons (Fsp3) is 0.188. The first kappa shape index (κ1) is 17.0. The van der Waals surface area contributed by atoms with Crippen LogP contribution < -0.4 is 16.0 Å². The van der Waals surface area contributed by atoms with E-state index >= 15 is 0 Å². The van der Waals surface area contributed by atoms with Crippen molar-refractivity contribution in [3.8, 4) is 10.6 Å². The number of aromatic nitrogens is 4. The number of imidazole rings is 1. The van der Waals surface area contributed by atoms with Gasteiger partial charge < -0.3 is 15.2 Å².